The third-order valence-corrected chi connectivity index (χ3v) is 5.27. The lowest BCUT2D eigenvalue weighted by molar-refractivity contribution is -0.134. The molecule has 0 spiro atoms. The van der Waals surface area contributed by atoms with Crippen molar-refractivity contribution in [1.29, 1.82) is 0 Å². The van der Waals surface area contributed by atoms with Crippen molar-refractivity contribution >= 4 is 5.91 Å². The molecule has 1 aliphatic carbocycles. The third kappa shape index (κ3) is 2.72. The highest BCUT2D eigenvalue weighted by molar-refractivity contribution is 5.81. The number of carbonyl (C=O) groups excluding carboxylic acids is 1. The Bertz CT molecular complexity index is 578. The summed E-state index contributed by atoms with van der Waals surface area (Å²) in [6.07, 6.45) is 2.13. The monoisotopic (exact) mass is 300 g/mol. The highest BCUT2D eigenvalue weighted by atomic mass is 16.5. The lowest BCUT2D eigenvalue weighted by Gasteiger charge is -2.35. The SMILES string of the molecule is CC1CC1C(=O)N1CCN(Cc2ccc3c(c2)CCO3)CC1. The minimum atomic E-state index is 0.322. The van der Waals surface area contributed by atoms with Gasteiger partial charge in [0.15, 0.2) is 0 Å². The Morgan fingerprint density at radius 2 is 2.05 bits per heavy atom. The van der Waals surface area contributed by atoms with E-state index in [2.05, 4.69) is 34.9 Å². The molecule has 118 valence electrons. The molecule has 4 nitrogen and oxygen atoms in total. The first kappa shape index (κ1) is 14.1. The second-order valence-corrected chi connectivity index (χ2v) is 6.96. The molecule has 0 N–H and O–H groups in total. The molecule has 1 saturated heterocycles. The van der Waals surface area contributed by atoms with Gasteiger partial charge in [-0.2, -0.15) is 0 Å². The Kier molecular flexibility index (Phi) is 3.57. The summed E-state index contributed by atoms with van der Waals surface area (Å²) in [7, 11) is 0. The minimum absolute atomic E-state index is 0.322. The van der Waals surface area contributed by atoms with Crippen molar-refractivity contribution < 1.29 is 9.53 Å². The number of nitrogens with zero attached hydrogens (tertiary/aromatic N) is 2. The van der Waals surface area contributed by atoms with Crippen LogP contribution in [-0.4, -0.2) is 48.5 Å². The maximum absolute atomic E-state index is 12.3. The summed E-state index contributed by atoms with van der Waals surface area (Å²) >= 11 is 0. The highest BCUT2D eigenvalue weighted by Crippen LogP contribution is 2.39. The second-order valence-electron chi connectivity index (χ2n) is 6.96. The molecule has 2 atom stereocenters. The molecule has 0 aromatic heterocycles. The van der Waals surface area contributed by atoms with Gasteiger partial charge < -0.3 is 9.64 Å². The number of carbonyl (C=O) groups is 1. The van der Waals surface area contributed by atoms with Crippen molar-refractivity contribution in [3.63, 3.8) is 0 Å². The molecule has 2 aliphatic heterocycles. The normalized spacial score (nSPS) is 27.4. The fourth-order valence-corrected chi connectivity index (χ4v) is 3.62. The summed E-state index contributed by atoms with van der Waals surface area (Å²) in [5.74, 6) is 2.38. The van der Waals surface area contributed by atoms with Crippen molar-refractivity contribution in [2.45, 2.75) is 26.3 Å². The molecule has 2 unspecified atom stereocenters. The first-order valence-corrected chi connectivity index (χ1v) is 8.46. The summed E-state index contributed by atoms with van der Waals surface area (Å²) in [5.41, 5.74) is 2.70. The lowest BCUT2D eigenvalue weighted by Crippen LogP contribution is -2.48. The topological polar surface area (TPSA) is 32.8 Å². The zero-order chi connectivity index (χ0) is 15.1. The standard InChI is InChI=1S/C18H24N2O2/c1-13-10-16(13)18(21)20-7-5-19(6-8-20)12-14-2-3-17-15(11-14)4-9-22-17/h2-3,11,13,16H,4-10,12H2,1H3. The van der Waals surface area contributed by atoms with Gasteiger partial charge in [-0.3, -0.25) is 9.69 Å². The van der Waals surface area contributed by atoms with Crippen molar-refractivity contribution in [3.05, 3.63) is 29.3 Å². The van der Waals surface area contributed by atoms with Crippen LogP contribution in [0, 0.1) is 11.8 Å². The number of rotatable bonds is 3. The van der Waals surface area contributed by atoms with E-state index in [1.54, 1.807) is 0 Å². The van der Waals surface area contributed by atoms with Gasteiger partial charge in [-0.1, -0.05) is 19.1 Å². The Hall–Kier alpha value is -1.55. The van der Waals surface area contributed by atoms with Gasteiger partial charge in [-0.25, -0.2) is 0 Å². The van der Waals surface area contributed by atoms with Crippen LogP contribution in [0.4, 0.5) is 0 Å². The Labute approximate surface area is 132 Å². The van der Waals surface area contributed by atoms with E-state index >= 15 is 0 Å². The molecule has 4 heteroatoms. The van der Waals surface area contributed by atoms with Gasteiger partial charge in [0.1, 0.15) is 5.75 Å². The van der Waals surface area contributed by atoms with Crippen molar-refractivity contribution in [1.82, 2.24) is 9.80 Å². The second kappa shape index (κ2) is 5.58. The summed E-state index contributed by atoms with van der Waals surface area (Å²) < 4.78 is 5.56. The quantitative estimate of drug-likeness (QED) is 0.855. The smallest absolute Gasteiger partial charge is 0.226 e. The predicted octanol–water partition coefficient (Wildman–Crippen LogP) is 1.92. The molecular formula is C18H24N2O2. The van der Waals surface area contributed by atoms with Crippen LogP contribution in [0.2, 0.25) is 0 Å². The van der Waals surface area contributed by atoms with Gasteiger partial charge in [-0.15, -0.1) is 0 Å². The van der Waals surface area contributed by atoms with Crippen molar-refractivity contribution in [2.24, 2.45) is 11.8 Å². The molecule has 1 saturated carbocycles. The minimum Gasteiger partial charge on any atom is -0.493 e. The molecule has 22 heavy (non-hydrogen) atoms. The van der Waals surface area contributed by atoms with E-state index in [-0.39, 0.29) is 0 Å². The number of hydrogen-bond acceptors (Lipinski definition) is 3. The van der Waals surface area contributed by atoms with Crippen LogP contribution in [0.25, 0.3) is 0 Å². The number of hydrogen-bond donors (Lipinski definition) is 0. The van der Waals surface area contributed by atoms with E-state index in [1.165, 1.54) is 11.1 Å². The zero-order valence-electron chi connectivity index (χ0n) is 13.3. The van der Waals surface area contributed by atoms with E-state index in [4.69, 9.17) is 4.74 Å². The van der Waals surface area contributed by atoms with Crippen LogP contribution in [0.3, 0.4) is 0 Å². The largest absolute Gasteiger partial charge is 0.493 e. The molecule has 2 fully saturated rings. The van der Waals surface area contributed by atoms with Gasteiger partial charge in [0.25, 0.3) is 0 Å². The first-order valence-electron chi connectivity index (χ1n) is 8.46. The number of piperazine rings is 1. The maximum atomic E-state index is 12.3. The van der Waals surface area contributed by atoms with Crippen LogP contribution >= 0.6 is 0 Å². The molecule has 0 bridgehead atoms. The molecule has 4 rings (SSSR count). The predicted molar refractivity (Wildman–Crippen MR) is 84.8 cm³/mol. The molecule has 3 aliphatic rings. The average Bonchev–Trinajstić information content (AvgIpc) is 3.08. The van der Waals surface area contributed by atoms with Gasteiger partial charge >= 0.3 is 0 Å². The van der Waals surface area contributed by atoms with E-state index in [0.29, 0.717) is 17.7 Å². The maximum Gasteiger partial charge on any atom is 0.226 e. The fourth-order valence-electron chi connectivity index (χ4n) is 3.62. The third-order valence-electron chi connectivity index (χ3n) is 5.27. The van der Waals surface area contributed by atoms with E-state index < -0.39 is 0 Å². The molecule has 1 aromatic carbocycles. The number of benzene rings is 1. The molecule has 1 aromatic rings. The summed E-state index contributed by atoms with van der Waals surface area (Å²) in [6, 6.07) is 6.56. The summed E-state index contributed by atoms with van der Waals surface area (Å²) in [5, 5.41) is 0. The molecule has 2 heterocycles. The van der Waals surface area contributed by atoms with Crippen molar-refractivity contribution in [3.8, 4) is 5.75 Å². The van der Waals surface area contributed by atoms with Gasteiger partial charge in [0.05, 0.1) is 6.61 Å². The Balaban J connectivity index is 1.31. The van der Waals surface area contributed by atoms with Crippen LogP contribution in [0.1, 0.15) is 24.5 Å². The average molecular weight is 300 g/mol. The summed E-state index contributed by atoms with van der Waals surface area (Å²) in [6.45, 7) is 7.72. The van der Waals surface area contributed by atoms with Gasteiger partial charge in [0, 0.05) is 45.1 Å². The number of ether oxygens (including phenoxy) is 1. The van der Waals surface area contributed by atoms with E-state index in [9.17, 15) is 4.79 Å². The van der Waals surface area contributed by atoms with E-state index in [1.807, 2.05) is 0 Å². The molecule has 0 radical (unpaired) electrons. The van der Waals surface area contributed by atoms with Gasteiger partial charge in [-0.05, 0) is 29.5 Å². The van der Waals surface area contributed by atoms with Crippen LogP contribution in [-0.2, 0) is 17.8 Å². The highest BCUT2D eigenvalue weighted by Gasteiger charge is 2.41. The first-order chi connectivity index (χ1) is 10.7. The van der Waals surface area contributed by atoms with Crippen LogP contribution in [0.5, 0.6) is 5.75 Å². The van der Waals surface area contributed by atoms with Gasteiger partial charge in [0.2, 0.25) is 5.91 Å². The number of amides is 1. The molecular weight excluding hydrogens is 276 g/mol. The molecule has 1 amide bonds. The van der Waals surface area contributed by atoms with Crippen molar-refractivity contribution in [2.75, 3.05) is 32.8 Å². The van der Waals surface area contributed by atoms with E-state index in [0.717, 1.165) is 57.9 Å². The van der Waals surface area contributed by atoms with Crippen LogP contribution < -0.4 is 4.74 Å². The Morgan fingerprint density at radius 3 is 2.77 bits per heavy atom. The zero-order valence-corrected chi connectivity index (χ0v) is 13.3. The number of fused-ring (bicyclic) bond motifs is 1. The van der Waals surface area contributed by atoms with Crippen LogP contribution in [0.15, 0.2) is 18.2 Å². The fraction of sp³-hybridized carbons (Fsp3) is 0.611. The lowest BCUT2D eigenvalue weighted by atomic mass is 10.1. The Morgan fingerprint density at radius 1 is 1.27 bits per heavy atom. The summed E-state index contributed by atoms with van der Waals surface area (Å²) in [4.78, 5) is 16.8.